The zero-order chi connectivity index (χ0) is 30.8. The first-order valence-electron chi connectivity index (χ1n) is 14.1. The van der Waals surface area contributed by atoms with Crippen LogP contribution in [0, 0.1) is 17.0 Å². The highest BCUT2D eigenvalue weighted by Gasteiger charge is 2.36. The molecule has 0 heterocycles. The lowest BCUT2D eigenvalue weighted by atomic mass is 9.84. The number of nitro groups is 1. The molecule has 2 atom stereocenters. The number of nitro benzene ring substituents is 1. The standard InChI is InChI=1S/C34H37NO5S2/c1-22(2)29-21-30(33(35(36)37)32(23(3)4)34(29)42(38,39)40)25(6)20-26-12-10-11-15-31(26)41(27-13-8-7-9-14-27)28-18-16-24(5)17-19-28/h7-19,21-23,25H,20H2,1-6H3/p+1. The minimum absolute atomic E-state index is 0.0625. The molecule has 2 unspecified atom stereocenters. The molecule has 220 valence electrons. The quantitative estimate of drug-likeness (QED) is 0.0844. The van der Waals surface area contributed by atoms with Gasteiger partial charge in [0, 0.05) is 11.1 Å². The van der Waals surface area contributed by atoms with Gasteiger partial charge >= 0.3 is 0 Å². The van der Waals surface area contributed by atoms with Crippen molar-refractivity contribution in [3.63, 3.8) is 0 Å². The van der Waals surface area contributed by atoms with E-state index in [0.717, 1.165) is 10.5 Å². The highest BCUT2D eigenvalue weighted by molar-refractivity contribution is 7.97. The molecular weight excluding hydrogens is 567 g/mol. The Hall–Kier alpha value is -3.46. The van der Waals surface area contributed by atoms with Gasteiger partial charge in [-0.2, -0.15) is 8.42 Å². The first kappa shape index (κ1) is 31.5. The summed E-state index contributed by atoms with van der Waals surface area (Å²) in [5.41, 5.74) is 2.96. The zero-order valence-corrected chi connectivity index (χ0v) is 26.5. The highest BCUT2D eigenvalue weighted by Crippen LogP contribution is 2.44. The molecule has 0 fully saturated rings. The van der Waals surface area contributed by atoms with Gasteiger partial charge in [0.2, 0.25) is 0 Å². The summed E-state index contributed by atoms with van der Waals surface area (Å²) in [6, 6.07) is 28.7. The van der Waals surface area contributed by atoms with Crippen molar-refractivity contribution in [3.05, 3.63) is 123 Å². The molecule has 0 amide bonds. The average Bonchev–Trinajstić information content (AvgIpc) is 2.93. The summed E-state index contributed by atoms with van der Waals surface area (Å²) in [5.74, 6) is -1.08. The molecule has 6 nitrogen and oxygen atoms in total. The minimum atomic E-state index is -4.70. The molecule has 0 aliphatic rings. The van der Waals surface area contributed by atoms with Crippen LogP contribution in [0.15, 0.2) is 105 Å². The fraction of sp³-hybridized carbons (Fsp3) is 0.294. The molecule has 0 spiro atoms. The summed E-state index contributed by atoms with van der Waals surface area (Å²) < 4.78 is 35.3. The van der Waals surface area contributed by atoms with Gasteiger partial charge in [0.05, 0.1) is 21.4 Å². The van der Waals surface area contributed by atoms with Crippen LogP contribution in [0.4, 0.5) is 5.69 Å². The van der Waals surface area contributed by atoms with Crippen LogP contribution >= 0.6 is 0 Å². The van der Waals surface area contributed by atoms with Crippen molar-refractivity contribution in [2.24, 2.45) is 0 Å². The van der Waals surface area contributed by atoms with Gasteiger partial charge in [-0.05, 0) is 73.1 Å². The van der Waals surface area contributed by atoms with E-state index in [0.29, 0.717) is 17.5 Å². The third-order valence-corrected chi connectivity index (χ3v) is 10.8. The number of hydrogen-bond donors (Lipinski definition) is 1. The highest BCUT2D eigenvalue weighted by atomic mass is 32.2. The molecule has 0 bridgehead atoms. The molecule has 42 heavy (non-hydrogen) atoms. The van der Waals surface area contributed by atoms with Gasteiger partial charge in [0.15, 0.2) is 14.7 Å². The van der Waals surface area contributed by atoms with E-state index in [1.807, 2.05) is 51.1 Å². The molecule has 4 aromatic carbocycles. The molecule has 8 heteroatoms. The van der Waals surface area contributed by atoms with E-state index in [2.05, 4.69) is 55.5 Å². The molecule has 0 saturated heterocycles. The number of rotatable bonds is 10. The lowest BCUT2D eigenvalue weighted by Crippen LogP contribution is -2.16. The lowest BCUT2D eigenvalue weighted by molar-refractivity contribution is -0.386. The predicted molar refractivity (Wildman–Crippen MR) is 169 cm³/mol. The molecular formula is C34H38NO5S2+. The second-order valence-corrected chi connectivity index (χ2v) is 14.7. The van der Waals surface area contributed by atoms with Gasteiger partial charge in [-0.15, -0.1) is 0 Å². The van der Waals surface area contributed by atoms with Crippen molar-refractivity contribution < 1.29 is 17.9 Å². The van der Waals surface area contributed by atoms with Crippen LogP contribution in [0.3, 0.4) is 0 Å². The van der Waals surface area contributed by atoms with Crippen molar-refractivity contribution in [1.29, 1.82) is 0 Å². The fourth-order valence-corrected chi connectivity index (χ4v) is 8.93. The third-order valence-electron chi connectivity index (χ3n) is 7.47. The Labute approximate surface area is 252 Å². The van der Waals surface area contributed by atoms with Crippen LogP contribution in [-0.2, 0) is 27.4 Å². The summed E-state index contributed by atoms with van der Waals surface area (Å²) in [5, 5.41) is 12.6. The van der Waals surface area contributed by atoms with Crippen LogP contribution < -0.4 is 0 Å². The van der Waals surface area contributed by atoms with Crippen LogP contribution in [0.1, 0.15) is 80.2 Å². The van der Waals surface area contributed by atoms with Gasteiger partial charge in [0.25, 0.3) is 15.8 Å². The Morgan fingerprint density at radius 1 is 0.810 bits per heavy atom. The third kappa shape index (κ3) is 6.61. The van der Waals surface area contributed by atoms with Crippen LogP contribution in [-0.4, -0.2) is 17.9 Å². The number of nitrogens with zero attached hydrogens (tertiary/aromatic N) is 1. The van der Waals surface area contributed by atoms with E-state index in [-0.39, 0.29) is 28.0 Å². The lowest BCUT2D eigenvalue weighted by Gasteiger charge is -2.23. The Morgan fingerprint density at radius 3 is 1.93 bits per heavy atom. The molecule has 0 aliphatic carbocycles. The first-order valence-corrected chi connectivity index (χ1v) is 16.7. The summed E-state index contributed by atoms with van der Waals surface area (Å²) in [6.45, 7) is 11.1. The Bertz CT molecular complexity index is 1680. The normalized spacial score (nSPS) is 13.4. The van der Waals surface area contributed by atoms with Crippen molar-refractivity contribution in [3.8, 4) is 0 Å². The van der Waals surface area contributed by atoms with E-state index in [9.17, 15) is 23.1 Å². The smallest absolute Gasteiger partial charge is 0.282 e. The van der Waals surface area contributed by atoms with Crippen molar-refractivity contribution in [2.45, 2.75) is 85.3 Å². The average molecular weight is 605 g/mol. The topological polar surface area (TPSA) is 97.5 Å². The summed E-state index contributed by atoms with van der Waals surface area (Å²) in [4.78, 5) is 15.2. The van der Waals surface area contributed by atoms with Crippen molar-refractivity contribution >= 4 is 26.7 Å². The maximum Gasteiger partial charge on any atom is 0.295 e. The van der Waals surface area contributed by atoms with Crippen molar-refractivity contribution in [2.75, 3.05) is 0 Å². The van der Waals surface area contributed by atoms with Crippen LogP contribution in [0.5, 0.6) is 0 Å². The Balaban J connectivity index is 1.91. The molecule has 0 aliphatic heterocycles. The second kappa shape index (κ2) is 12.8. The predicted octanol–water partition coefficient (Wildman–Crippen LogP) is 8.84. The first-order chi connectivity index (χ1) is 19.8. The van der Waals surface area contributed by atoms with E-state index < -0.39 is 31.9 Å². The fourth-order valence-electron chi connectivity index (χ4n) is 5.48. The maximum absolute atomic E-state index is 12.6. The summed E-state index contributed by atoms with van der Waals surface area (Å²) in [7, 11) is -5.10. The Morgan fingerprint density at radius 2 is 1.38 bits per heavy atom. The zero-order valence-electron chi connectivity index (χ0n) is 24.9. The molecule has 0 aromatic heterocycles. The monoisotopic (exact) mass is 604 g/mol. The second-order valence-electron chi connectivity index (χ2n) is 11.3. The molecule has 0 radical (unpaired) electrons. The molecule has 1 N–H and O–H groups in total. The maximum atomic E-state index is 12.6. The minimum Gasteiger partial charge on any atom is -0.282 e. The van der Waals surface area contributed by atoms with Gasteiger partial charge < -0.3 is 0 Å². The Kier molecular flexibility index (Phi) is 9.60. The molecule has 0 saturated carbocycles. The van der Waals surface area contributed by atoms with Gasteiger partial charge in [0.1, 0.15) is 4.90 Å². The summed E-state index contributed by atoms with van der Waals surface area (Å²) >= 11 is 0. The molecule has 4 aromatic rings. The number of benzene rings is 4. The van der Waals surface area contributed by atoms with Gasteiger partial charge in [-0.1, -0.05) is 88.7 Å². The number of aryl methyl sites for hydroxylation is 1. The van der Waals surface area contributed by atoms with E-state index in [4.69, 9.17) is 0 Å². The molecule has 4 rings (SSSR count). The van der Waals surface area contributed by atoms with Crippen LogP contribution in [0.25, 0.3) is 0 Å². The number of hydrogen-bond acceptors (Lipinski definition) is 4. The van der Waals surface area contributed by atoms with E-state index in [1.165, 1.54) is 15.4 Å². The SMILES string of the molecule is Cc1ccc([S+](c2ccccc2)c2ccccc2CC(C)c2cc(C(C)C)c(S(=O)(=O)O)c(C(C)C)c2[N+](=O)[O-])cc1. The van der Waals surface area contributed by atoms with Gasteiger partial charge in [-0.3, -0.25) is 14.7 Å². The van der Waals surface area contributed by atoms with Gasteiger partial charge in [-0.25, -0.2) is 0 Å². The van der Waals surface area contributed by atoms with E-state index >= 15 is 0 Å². The summed E-state index contributed by atoms with van der Waals surface area (Å²) in [6.07, 6.45) is 0.513. The van der Waals surface area contributed by atoms with Crippen molar-refractivity contribution in [1.82, 2.24) is 0 Å². The van der Waals surface area contributed by atoms with E-state index in [1.54, 1.807) is 19.9 Å². The van der Waals surface area contributed by atoms with Crippen LogP contribution in [0.2, 0.25) is 0 Å². The largest absolute Gasteiger partial charge is 0.295 e.